The van der Waals surface area contributed by atoms with Gasteiger partial charge in [0, 0.05) is 18.7 Å². The second-order valence-electron chi connectivity index (χ2n) is 5.99. The average Bonchev–Trinajstić information content (AvgIpc) is 2.92. The van der Waals surface area contributed by atoms with Gasteiger partial charge in [0.2, 0.25) is 5.91 Å². The maximum absolute atomic E-state index is 13.3. The lowest BCUT2D eigenvalue weighted by Crippen LogP contribution is -3.12. The highest BCUT2D eigenvalue weighted by molar-refractivity contribution is 5.96. The molecule has 0 saturated carbocycles. The Bertz CT molecular complexity index is 577. The van der Waals surface area contributed by atoms with Crippen LogP contribution in [-0.2, 0) is 4.79 Å². The Morgan fingerprint density at radius 3 is 2.79 bits per heavy atom. The minimum absolute atomic E-state index is 0.113. The smallest absolute Gasteiger partial charge is 0.315 e. The zero-order valence-electron chi connectivity index (χ0n) is 14.3. The van der Waals surface area contributed by atoms with E-state index in [-0.39, 0.29) is 30.2 Å². The molecule has 0 bridgehead atoms. The molecule has 0 spiro atoms. The maximum Gasteiger partial charge on any atom is 0.315 e. The summed E-state index contributed by atoms with van der Waals surface area (Å²) < 4.78 is 13.3. The summed E-state index contributed by atoms with van der Waals surface area (Å²) in [6, 6.07) is 5.40. The maximum atomic E-state index is 13.3. The Morgan fingerprint density at radius 2 is 2.12 bits per heavy atom. The van der Waals surface area contributed by atoms with Gasteiger partial charge in [-0.2, -0.15) is 0 Å². The average molecular weight is 337 g/mol. The molecule has 0 unspecified atom stereocenters. The van der Waals surface area contributed by atoms with E-state index in [1.165, 1.54) is 21.9 Å². The number of urea groups is 1. The second-order valence-corrected chi connectivity index (χ2v) is 5.99. The van der Waals surface area contributed by atoms with Crippen LogP contribution in [0.15, 0.2) is 24.3 Å². The molecule has 6 nitrogen and oxygen atoms in total. The van der Waals surface area contributed by atoms with E-state index >= 15 is 0 Å². The first-order valence-corrected chi connectivity index (χ1v) is 8.47. The summed E-state index contributed by atoms with van der Waals surface area (Å²) in [5.41, 5.74) is 0.523. The van der Waals surface area contributed by atoms with Crippen molar-refractivity contribution in [3.8, 4) is 0 Å². The van der Waals surface area contributed by atoms with Gasteiger partial charge in [0.05, 0.1) is 32.2 Å². The number of halogens is 1. The molecule has 1 aromatic carbocycles. The van der Waals surface area contributed by atoms with E-state index in [4.69, 9.17) is 0 Å². The van der Waals surface area contributed by atoms with Crippen molar-refractivity contribution in [2.75, 3.05) is 37.6 Å². The Balaban J connectivity index is 1.80. The van der Waals surface area contributed by atoms with Crippen LogP contribution in [0, 0.1) is 5.82 Å². The normalized spacial score (nSPS) is 17.4. The monoisotopic (exact) mass is 337 g/mol. The van der Waals surface area contributed by atoms with Crippen molar-refractivity contribution in [3.05, 3.63) is 30.1 Å². The number of amides is 3. The molecule has 1 aliphatic rings. The van der Waals surface area contributed by atoms with Crippen molar-refractivity contribution in [3.63, 3.8) is 0 Å². The summed E-state index contributed by atoms with van der Waals surface area (Å²) in [6.07, 6.45) is 0.227. The van der Waals surface area contributed by atoms with E-state index in [9.17, 15) is 14.0 Å². The molecule has 132 valence electrons. The summed E-state index contributed by atoms with van der Waals surface area (Å²) in [5.74, 6) is -0.494. The van der Waals surface area contributed by atoms with Gasteiger partial charge in [-0.05, 0) is 32.0 Å². The number of benzene rings is 1. The van der Waals surface area contributed by atoms with Gasteiger partial charge in [-0.3, -0.25) is 4.79 Å². The van der Waals surface area contributed by atoms with Gasteiger partial charge < -0.3 is 20.4 Å². The molecule has 3 amide bonds. The number of rotatable bonds is 7. The SMILES string of the molecule is CC[NH+](CC)CCNC(=O)N[C@@H]1CC(=O)N(c2cccc(F)c2)C1. The third-order valence-corrected chi connectivity index (χ3v) is 4.34. The topological polar surface area (TPSA) is 65.9 Å². The summed E-state index contributed by atoms with van der Waals surface area (Å²) in [5, 5.41) is 5.64. The zero-order valence-corrected chi connectivity index (χ0v) is 14.3. The van der Waals surface area contributed by atoms with Crippen LogP contribution in [0.5, 0.6) is 0 Å². The van der Waals surface area contributed by atoms with E-state index < -0.39 is 0 Å². The molecule has 0 radical (unpaired) electrons. The third-order valence-electron chi connectivity index (χ3n) is 4.34. The number of nitrogens with zero attached hydrogens (tertiary/aromatic N) is 1. The molecule has 1 aromatic rings. The molecule has 1 fully saturated rings. The van der Waals surface area contributed by atoms with Crippen LogP contribution in [0.2, 0.25) is 0 Å². The van der Waals surface area contributed by atoms with E-state index in [0.29, 0.717) is 18.8 Å². The third kappa shape index (κ3) is 4.92. The van der Waals surface area contributed by atoms with E-state index in [1.807, 2.05) is 0 Å². The molecule has 2 rings (SSSR count). The van der Waals surface area contributed by atoms with E-state index in [2.05, 4.69) is 24.5 Å². The van der Waals surface area contributed by atoms with E-state index in [0.717, 1.165) is 19.6 Å². The predicted octanol–water partition coefficient (Wildman–Crippen LogP) is 0.155. The molecule has 1 saturated heterocycles. The van der Waals surface area contributed by atoms with Gasteiger partial charge in [-0.15, -0.1) is 0 Å². The van der Waals surface area contributed by atoms with Gasteiger partial charge in [-0.25, -0.2) is 9.18 Å². The molecule has 1 aliphatic heterocycles. The van der Waals surface area contributed by atoms with Crippen molar-refractivity contribution in [1.29, 1.82) is 0 Å². The first kappa shape index (κ1) is 18.2. The highest BCUT2D eigenvalue weighted by atomic mass is 19.1. The number of carbonyl (C=O) groups excluding carboxylic acids is 2. The number of hydrogen-bond donors (Lipinski definition) is 3. The van der Waals surface area contributed by atoms with E-state index in [1.54, 1.807) is 12.1 Å². The number of carbonyl (C=O) groups is 2. The summed E-state index contributed by atoms with van der Waals surface area (Å²) in [6.45, 7) is 8.11. The number of nitrogens with one attached hydrogen (secondary N) is 3. The Morgan fingerprint density at radius 1 is 1.38 bits per heavy atom. The fraction of sp³-hybridized carbons (Fsp3) is 0.529. The van der Waals surface area contributed by atoms with Gasteiger partial charge >= 0.3 is 6.03 Å². The number of hydrogen-bond acceptors (Lipinski definition) is 2. The van der Waals surface area contributed by atoms with Crippen molar-refractivity contribution in [2.45, 2.75) is 26.3 Å². The number of likely N-dealkylation sites (N-methyl/N-ethyl adjacent to an activating group) is 1. The minimum atomic E-state index is -0.381. The summed E-state index contributed by atoms with van der Waals surface area (Å²) >= 11 is 0. The molecular formula is C17H26FN4O2+. The molecule has 0 aromatic heterocycles. The first-order valence-electron chi connectivity index (χ1n) is 8.47. The van der Waals surface area contributed by atoms with Gasteiger partial charge in [0.15, 0.2) is 0 Å². The molecule has 1 heterocycles. The predicted molar refractivity (Wildman–Crippen MR) is 90.6 cm³/mol. The second kappa shape index (κ2) is 8.63. The fourth-order valence-corrected chi connectivity index (χ4v) is 2.89. The van der Waals surface area contributed by atoms with Crippen molar-refractivity contribution < 1.29 is 18.9 Å². The van der Waals surface area contributed by atoms with Crippen molar-refractivity contribution in [2.24, 2.45) is 0 Å². The standard InChI is InChI=1S/C17H25FN4O2/c1-3-21(4-2)9-8-19-17(24)20-14-11-16(23)22(12-14)15-7-5-6-13(18)10-15/h5-7,10,14H,3-4,8-9,11-12H2,1-2H3,(H2,19,20,24)/p+1/t14-/m1/s1. The van der Waals surface area contributed by atoms with Crippen LogP contribution in [0.4, 0.5) is 14.9 Å². The Kier molecular flexibility index (Phi) is 6.54. The molecule has 7 heteroatoms. The lowest BCUT2D eigenvalue weighted by atomic mass is 10.2. The zero-order chi connectivity index (χ0) is 17.5. The Hall–Kier alpha value is -2.15. The summed E-state index contributed by atoms with van der Waals surface area (Å²) in [4.78, 5) is 27.0. The quantitative estimate of drug-likeness (QED) is 0.663. The molecule has 3 N–H and O–H groups in total. The number of quaternary nitrogens is 1. The van der Waals surface area contributed by atoms with Gasteiger partial charge in [0.25, 0.3) is 0 Å². The van der Waals surface area contributed by atoms with Crippen LogP contribution in [-0.4, -0.2) is 50.7 Å². The fourth-order valence-electron chi connectivity index (χ4n) is 2.89. The molecule has 0 aliphatic carbocycles. The van der Waals surface area contributed by atoms with Crippen molar-refractivity contribution >= 4 is 17.6 Å². The highest BCUT2D eigenvalue weighted by Crippen LogP contribution is 2.22. The largest absolute Gasteiger partial charge is 0.334 e. The van der Waals surface area contributed by atoms with Crippen LogP contribution in [0.1, 0.15) is 20.3 Å². The lowest BCUT2D eigenvalue weighted by molar-refractivity contribution is -0.895. The number of anilines is 1. The lowest BCUT2D eigenvalue weighted by Gasteiger charge is -2.18. The molecule has 24 heavy (non-hydrogen) atoms. The minimum Gasteiger partial charge on any atom is -0.334 e. The molecule has 1 atom stereocenters. The van der Waals surface area contributed by atoms with Crippen LogP contribution in [0.25, 0.3) is 0 Å². The van der Waals surface area contributed by atoms with Crippen molar-refractivity contribution in [1.82, 2.24) is 10.6 Å². The van der Waals surface area contributed by atoms with Crippen LogP contribution < -0.4 is 20.4 Å². The van der Waals surface area contributed by atoms with Crippen LogP contribution >= 0.6 is 0 Å². The molecular weight excluding hydrogens is 311 g/mol. The van der Waals surface area contributed by atoms with Gasteiger partial charge in [0.1, 0.15) is 5.82 Å². The summed E-state index contributed by atoms with van der Waals surface area (Å²) in [7, 11) is 0. The Labute approximate surface area is 142 Å². The first-order chi connectivity index (χ1) is 11.5. The highest BCUT2D eigenvalue weighted by Gasteiger charge is 2.31. The van der Waals surface area contributed by atoms with Crippen LogP contribution in [0.3, 0.4) is 0 Å². The van der Waals surface area contributed by atoms with Gasteiger partial charge in [-0.1, -0.05) is 6.07 Å².